The summed E-state index contributed by atoms with van der Waals surface area (Å²) in [7, 11) is 0. The molecule has 0 N–H and O–H groups in total. The standard InChI is InChI=1S/C7H5NOS/c1-8-4-6-2-3-7(5-9)10-6/h2-3,5H,4H2. The van der Waals surface area contributed by atoms with Crippen molar-refractivity contribution in [2.24, 2.45) is 0 Å². The van der Waals surface area contributed by atoms with Gasteiger partial charge in [-0.15, -0.1) is 11.3 Å². The Morgan fingerprint density at radius 3 is 3.00 bits per heavy atom. The lowest BCUT2D eigenvalue weighted by molar-refractivity contribution is 0.112. The number of nitrogens with zero attached hydrogens (tertiary/aromatic N) is 1. The topological polar surface area (TPSA) is 21.4 Å². The molecule has 0 aliphatic carbocycles. The van der Waals surface area contributed by atoms with E-state index in [9.17, 15) is 4.79 Å². The molecule has 0 bridgehead atoms. The summed E-state index contributed by atoms with van der Waals surface area (Å²) in [6.07, 6.45) is 0.804. The van der Waals surface area contributed by atoms with Crippen LogP contribution in [0.3, 0.4) is 0 Å². The van der Waals surface area contributed by atoms with Gasteiger partial charge in [-0.3, -0.25) is 4.79 Å². The highest BCUT2D eigenvalue weighted by molar-refractivity contribution is 7.13. The fourth-order valence-corrected chi connectivity index (χ4v) is 1.37. The summed E-state index contributed by atoms with van der Waals surface area (Å²) in [5, 5.41) is 0. The second-order valence-corrected chi connectivity index (χ2v) is 2.94. The van der Waals surface area contributed by atoms with E-state index in [1.54, 1.807) is 6.07 Å². The van der Waals surface area contributed by atoms with E-state index in [1.807, 2.05) is 6.07 Å². The first-order valence-electron chi connectivity index (χ1n) is 2.74. The molecule has 1 aromatic heterocycles. The molecule has 0 saturated heterocycles. The molecular formula is C7H5NOS. The van der Waals surface area contributed by atoms with Crippen LogP contribution in [0.1, 0.15) is 14.5 Å². The molecule has 1 heterocycles. The van der Waals surface area contributed by atoms with Crippen LogP contribution in [0, 0.1) is 6.57 Å². The molecule has 0 amide bonds. The zero-order chi connectivity index (χ0) is 7.40. The maximum absolute atomic E-state index is 10.2. The van der Waals surface area contributed by atoms with Gasteiger partial charge in [-0.05, 0) is 12.1 Å². The number of carbonyl (C=O) groups excluding carboxylic acids is 1. The average molecular weight is 151 g/mol. The molecule has 3 heteroatoms. The minimum atomic E-state index is 0.387. The van der Waals surface area contributed by atoms with Crippen LogP contribution in [-0.2, 0) is 6.54 Å². The summed E-state index contributed by atoms with van der Waals surface area (Å²) in [6, 6.07) is 3.55. The van der Waals surface area contributed by atoms with E-state index in [0.29, 0.717) is 11.4 Å². The summed E-state index contributed by atoms with van der Waals surface area (Å²) in [5.74, 6) is 0. The lowest BCUT2D eigenvalue weighted by atomic mass is 10.4. The van der Waals surface area contributed by atoms with Crippen molar-refractivity contribution in [3.63, 3.8) is 0 Å². The van der Waals surface area contributed by atoms with E-state index >= 15 is 0 Å². The van der Waals surface area contributed by atoms with Crippen LogP contribution in [-0.4, -0.2) is 6.29 Å². The first-order valence-corrected chi connectivity index (χ1v) is 3.55. The molecule has 0 saturated carbocycles. The zero-order valence-electron chi connectivity index (χ0n) is 5.20. The molecule has 50 valence electrons. The minimum absolute atomic E-state index is 0.387. The van der Waals surface area contributed by atoms with Gasteiger partial charge in [-0.25, -0.2) is 6.57 Å². The van der Waals surface area contributed by atoms with E-state index in [0.717, 1.165) is 11.2 Å². The minimum Gasteiger partial charge on any atom is -0.311 e. The smallest absolute Gasteiger partial charge is 0.248 e. The first-order chi connectivity index (χ1) is 4.86. The quantitative estimate of drug-likeness (QED) is 0.467. The molecule has 0 fully saturated rings. The highest BCUT2D eigenvalue weighted by Crippen LogP contribution is 2.14. The summed E-state index contributed by atoms with van der Waals surface area (Å²) in [5.41, 5.74) is 0. The van der Waals surface area contributed by atoms with Crippen LogP contribution in [0.25, 0.3) is 4.85 Å². The lowest BCUT2D eigenvalue weighted by Crippen LogP contribution is -1.65. The van der Waals surface area contributed by atoms with Gasteiger partial charge >= 0.3 is 0 Å². The summed E-state index contributed by atoms with van der Waals surface area (Å²) in [4.78, 5) is 15.0. The zero-order valence-corrected chi connectivity index (χ0v) is 6.02. The van der Waals surface area contributed by atoms with Crippen molar-refractivity contribution >= 4 is 17.6 Å². The van der Waals surface area contributed by atoms with Crippen LogP contribution in [0.5, 0.6) is 0 Å². The second-order valence-electron chi connectivity index (χ2n) is 1.74. The average Bonchev–Trinajstić information content (AvgIpc) is 2.37. The van der Waals surface area contributed by atoms with Crippen LogP contribution in [0.15, 0.2) is 12.1 Å². The fraction of sp³-hybridized carbons (Fsp3) is 0.143. The number of thiophene rings is 1. The Labute approximate surface area is 62.9 Å². The highest BCUT2D eigenvalue weighted by Gasteiger charge is 1.98. The molecule has 10 heavy (non-hydrogen) atoms. The van der Waals surface area contributed by atoms with Crippen LogP contribution in [0.4, 0.5) is 0 Å². The Balaban J connectivity index is 2.80. The monoisotopic (exact) mass is 151 g/mol. The third-order valence-electron chi connectivity index (χ3n) is 1.03. The molecule has 0 aromatic carbocycles. The van der Waals surface area contributed by atoms with Gasteiger partial charge in [0.1, 0.15) is 0 Å². The number of aldehydes is 1. The third-order valence-corrected chi connectivity index (χ3v) is 2.03. The van der Waals surface area contributed by atoms with Crippen molar-refractivity contribution in [3.05, 3.63) is 33.3 Å². The van der Waals surface area contributed by atoms with Gasteiger partial charge in [0.25, 0.3) is 0 Å². The van der Waals surface area contributed by atoms with Gasteiger partial charge in [0.2, 0.25) is 6.54 Å². The maximum Gasteiger partial charge on any atom is 0.248 e. The Hall–Kier alpha value is -1.14. The predicted octanol–water partition coefficient (Wildman–Crippen LogP) is 1.98. The summed E-state index contributed by atoms with van der Waals surface area (Å²) in [6.45, 7) is 6.94. The predicted molar refractivity (Wildman–Crippen MR) is 40.0 cm³/mol. The molecule has 2 nitrogen and oxygen atoms in total. The normalized spacial score (nSPS) is 8.70. The molecule has 0 aliphatic rings. The molecule has 0 aliphatic heterocycles. The molecule has 0 atom stereocenters. The largest absolute Gasteiger partial charge is 0.311 e. The summed E-state index contributed by atoms with van der Waals surface area (Å²) < 4.78 is 0. The highest BCUT2D eigenvalue weighted by atomic mass is 32.1. The summed E-state index contributed by atoms with van der Waals surface area (Å²) >= 11 is 1.38. The van der Waals surface area contributed by atoms with E-state index < -0.39 is 0 Å². The SMILES string of the molecule is [C-]#[N+]Cc1ccc(C=O)s1. The molecule has 1 aromatic rings. The Kier molecular flexibility index (Phi) is 2.19. The van der Waals surface area contributed by atoms with Gasteiger partial charge < -0.3 is 4.85 Å². The fourth-order valence-electron chi connectivity index (χ4n) is 0.621. The van der Waals surface area contributed by atoms with Crippen LogP contribution < -0.4 is 0 Å². The van der Waals surface area contributed by atoms with Crippen molar-refractivity contribution in [2.75, 3.05) is 0 Å². The second kappa shape index (κ2) is 3.14. The van der Waals surface area contributed by atoms with Gasteiger partial charge in [-0.1, -0.05) is 0 Å². The number of hydrogen-bond donors (Lipinski definition) is 0. The van der Waals surface area contributed by atoms with Crippen molar-refractivity contribution in [2.45, 2.75) is 6.54 Å². The molecule has 0 radical (unpaired) electrons. The molecule has 0 unspecified atom stereocenters. The first kappa shape index (κ1) is 6.97. The molecular weight excluding hydrogens is 146 g/mol. The van der Waals surface area contributed by atoms with E-state index in [1.165, 1.54) is 11.3 Å². The van der Waals surface area contributed by atoms with E-state index in [4.69, 9.17) is 6.57 Å². The van der Waals surface area contributed by atoms with Crippen molar-refractivity contribution < 1.29 is 4.79 Å². The van der Waals surface area contributed by atoms with Gasteiger partial charge in [-0.2, -0.15) is 0 Å². The van der Waals surface area contributed by atoms with E-state index in [-0.39, 0.29) is 0 Å². The maximum atomic E-state index is 10.2. The third kappa shape index (κ3) is 1.42. The number of hydrogen-bond acceptors (Lipinski definition) is 2. The van der Waals surface area contributed by atoms with Gasteiger partial charge in [0.15, 0.2) is 6.29 Å². The van der Waals surface area contributed by atoms with Crippen molar-refractivity contribution in [3.8, 4) is 0 Å². The van der Waals surface area contributed by atoms with Crippen molar-refractivity contribution in [1.29, 1.82) is 0 Å². The van der Waals surface area contributed by atoms with Crippen LogP contribution >= 0.6 is 11.3 Å². The van der Waals surface area contributed by atoms with Gasteiger partial charge in [0, 0.05) is 0 Å². The van der Waals surface area contributed by atoms with Crippen molar-refractivity contribution in [1.82, 2.24) is 0 Å². The Morgan fingerprint density at radius 2 is 2.50 bits per heavy atom. The van der Waals surface area contributed by atoms with Gasteiger partial charge in [0.05, 0.1) is 9.75 Å². The lowest BCUT2D eigenvalue weighted by Gasteiger charge is -1.76. The number of carbonyl (C=O) groups is 1. The Bertz CT molecular complexity index is 271. The van der Waals surface area contributed by atoms with E-state index in [2.05, 4.69) is 4.85 Å². The van der Waals surface area contributed by atoms with Crippen LogP contribution in [0.2, 0.25) is 0 Å². The number of rotatable bonds is 2. The Morgan fingerprint density at radius 1 is 1.70 bits per heavy atom. The molecule has 0 spiro atoms. The molecule has 1 rings (SSSR count).